The number of carbonyl (C=O) groups excluding carboxylic acids is 1. The van der Waals surface area contributed by atoms with Crippen molar-refractivity contribution >= 4 is 29.3 Å². The number of ether oxygens (including phenoxy) is 2. The number of benzene rings is 3. The largest absolute Gasteiger partial charge is 0.493 e. The zero-order valence-corrected chi connectivity index (χ0v) is 17.3. The van der Waals surface area contributed by atoms with Crippen LogP contribution in [0.5, 0.6) is 11.5 Å². The van der Waals surface area contributed by atoms with Gasteiger partial charge < -0.3 is 14.8 Å². The molecule has 1 amide bonds. The average Bonchev–Trinajstić information content (AvgIpc) is 2.78. The molecule has 31 heavy (non-hydrogen) atoms. The maximum absolute atomic E-state index is 13.0. The number of rotatable bonds is 7. The third kappa shape index (κ3) is 5.84. The minimum atomic E-state index is -0.578. The van der Waals surface area contributed by atoms with Crippen LogP contribution >= 0.6 is 11.6 Å². The monoisotopic (exact) mass is 436 g/mol. The van der Waals surface area contributed by atoms with Crippen molar-refractivity contribution in [3.63, 3.8) is 0 Å². The van der Waals surface area contributed by atoms with Crippen LogP contribution in [0.25, 0.3) is 6.08 Å². The molecule has 0 aliphatic carbocycles. The van der Waals surface area contributed by atoms with Gasteiger partial charge in [0.25, 0.3) is 5.91 Å². The molecule has 156 valence electrons. The van der Waals surface area contributed by atoms with Crippen molar-refractivity contribution < 1.29 is 18.7 Å². The molecular weight excluding hydrogens is 419 g/mol. The van der Waals surface area contributed by atoms with Gasteiger partial charge in [0.05, 0.1) is 17.8 Å². The minimum Gasteiger partial charge on any atom is -0.493 e. The third-order valence-corrected chi connectivity index (χ3v) is 4.62. The fourth-order valence-electron chi connectivity index (χ4n) is 2.70. The Morgan fingerprint density at radius 2 is 1.87 bits per heavy atom. The summed E-state index contributed by atoms with van der Waals surface area (Å²) in [6.45, 7) is 0.232. The van der Waals surface area contributed by atoms with Crippen molar-refractivity contribution in [3.05, 3.63) is 94.3 Å². The van der Waals surface area contributed by atoms with Crippen LogP contribution in [0.1, 0.15) is 11.1 Å². The maximum Gasteiger partial charge on any atom is 0.266 e. The first kappa shape index (κ1) is 21.9. The molecule has 0 atom stereocenters. The number of hydrogen-bond acceptors (Lipinski definition) is 4. The predicted octanol–water partition coefficient (Wildman–Crippen LogP) is 5.61. The summed E-state index contributed by atoms with van der Waals surface area (Å²) < 4.78 is 24.1. The summed E-state index contributed by atoms with van der Waals surface area (Å²) in [4.78, 5) is 12.5. The SMILES string of the molecule is COc1cc(/C=C(\C#N)C(=O)Nc2ccccc2Cl)ccc1OCc1ccc(F)cc1. The summed E-state index contributed by atoms with van der Waals surface area (Å²) in [5.74, 6) is 0.0122. The van der Waals surface area contributed by atoms with Crippen LogP contribution in [0.3, 0.4) is 0 Å². The van der Waals surface area contributed by atoms with Gasteiger partial charge in [-0.05, 0) is 53.6 Å². The lowest BCUT2D eigenvalue weighted by Gasteiger charge is -2.12. The summed E-state index contributed by atoms with van der Waals surface area (Å²) >= 11 is 6.05. The van der Waals surface area contributed by atoms with Crippen LogP contribution in [0.4, 0.5) is 10.1 Å². The molecule has 3 rings (SSSR count). The highest BCUT2D eigenvalue weighted by molar-refractivity contribution is 6.34. The molecule has 0 saturated heterocycles. The fraction of sp³-hybridized carbons (Fsp3) is 0.0833. The van der Waals surface area contributed by atoms with Gasteiger partial charge in [0.1, 0.15) is 24.1 Å². The van der Waals surface area contributed by atoms with Gasteiger partial charge in [0.2, 0.25) is 0 Å². The molecule has 0 radical (unpaired) electrons. The molecule has 5 nitrogen and oxygen atoms in total. The second-order valence-electron chi connectivity index (χ2n) is 6.43. The number of nitrogens with one attached hydrogen (secondary N) is 1. The molecule has 0 spiro atoms. The van der Waals surface area contributed by atoms with Crippen LogP contribution in [-0.4, -0.2) is 13.0 Å². The molecule has 3 aromatic rings. The number of para-hydroxylation sites is 1. The van der Waals surface area contributed by atoms with Gasteiger partial charge in [-0.25, -0.2) is 4.39 Å². The van der Waals surface area contributed by atoms with Crippen LogP contribution in [0.15, 0.2) is 72.3 Å². The van der Waals surface area contributed by atoms with E-state index in [4.69, 9.17) is 21.1 Å². The van der Waals surface area contributed by atoms with E-state index >= 15 is 0 Å². The van der Waals surface area contributed by atoms with Gasteiger partial charge in [-0.3, -0.25) is 4.79 Å². The van der Waals surface area contributed by atoms with Crippen molar-refractivity contribution in [2.24, 2.45) is 0 Å². The zero-order chi connectivity index (χ0) is 22.2. The van der Waals surface area contributed by atoms with E-state index < -0.39 is 5.91 Å². The molecule has 0 saturated carbocycles. The van der Waals surface area contributed by atoms with E-state index in [1.807, 2.05) is 6.07 Å². The summed E-state index contributed by atoms with van der Waals surface area (Å²) in [6, 6.07) is 19.7. The van der Waals surface area contributed by atoms with Crippen molar-refractivity contribution in [2.45, 2.75) is 6.61 Å². The van der Waals surface area contributed by atoms with E-state index in [1.165, 1.54) is 25.3 Å². The molecule has 0 fully saturated rings. The Hall–Kier alpha value is -3.82. The van der Waals surface area contributed by atoms with Gasteiger partial charge in [0, 0.05) is 0 Å². The first-order chi connectivity index (χ1) is 15.0. The van der Waals surface area contributed by atoms with E-state index in [2.05, 4.69) is 5.32 Å². The Labute approximate surface area is 184 Å². The number of hydrogen-bond donors (Lipinski definition) is 1. The van der Waals surface area contributed by atoms with Gasteiger partial charge in [0.15, 0.2) is 11.5 Å². The molecule has 0 heterocycles. The lowest BCUT2D eigenvalue weighted by atomic mass is 10.1. The first-order valence-corrected chi connectivity index (χ1v) is 9.61. The molecule has 0 bridgehead atoms. The molecule has 0 unspecified atom stereocenters. The van der Waals surface area contributed by atoms with E-state index in [0.717, 1.165) is 5.56 Å². The number of carbonyl (C=O) groups is 1. The highest BCUT2D eigenvalue weighted by Crippen LogP contribution is 2.30. The number of halogens is 2. The van der Waals surface area contributed by atoms with Gasteiger partial charge in [-0.1, -0.05) is 41.9 Å². The summed E-state index contributed by atoms with van der Waals surface area (Å²) in [6.07, 6.45) is 1.44. The Bertz CT molecular complexity index is 1150. The zero-order valence-electron chi connectivity index (χ0n) is 16.6. The number of nitriles is 1. The van der Waals surface area contributed by atoms with Crippen molar-refractivity contribution in [1.82, 2.24) is 0 Å². The Kier molecular flexibility index (Phi) is 7.26. The quantitative estimate of drug-likeness (QED) is 0.386. The van der Waals surface area contributed by atoms with Crippen LogP contribution in [0.2, 0.25) is 5.02 Å². The summed E-state index contributed by atoms with van der Waals surface area (Å²) in [7, 11) is 1.49. The van der Waals surface area contributed by atoms with Crippen LogP contribution < -0.4 is 14.8 Å². The Balaban J connectivity index is 1.75. The van der Waals surface area contributed by atoms with E-state index in [1.54, 1.807) is 54.6 Å². The maximum atomic E-state index is 13.0. The molecule has 7 heteroatoms. The molecule has 0 aliphatic heterocycles. The van der Waals surface area contributed by atoms with Crippen molar-refractivity contribution in [2.75, 3.05) is 12.4 Å². The summed E-state index contributed by atoms with van der Waals surface area (Å²) in [5, 5.41) is 12.4. The molecule has 1 N–H and O–H groups in total. The minimum absolute atomic E-state index is 0.0954. The second-order valence-corrected chi connectivity index (χ2v) is 6.84. The standard InChI is InChI=1S/C24H18ClFN2O3/c1-30-23-13-17(8-11-22(23)31-15-16-6-9-19(26)10-7-16)12-18(14-27)24(29)28-21-5-3-2-4-20(21)25/h2-13H,15H2,1H3,(H,28,29)/b18-12+. The average molecular weight is 437 g/mol. The topological polar surface area (TPSA) is 71.3 Å². The predicted molar refractivity (Wildman–Crippen MR) is 117 cm³/mol. The Morgan fingerprint density at radius 1 is 1.13 bits per heavy atom. The third-order valence-electron chi connectivity index (χ3n) is 4.29. The summed E-state index contributed by atoms with van der Waals surface area (Å²) in [5.41, 5.74) is 1.70. The second kappa shape index (κ2) is 10.3. The van der Waals surface area contributed by atoms with Gasteiger partial charge in [-0.2, -0.15) is 5.26 Å². The Morgan fingerprint density at radius 3 is 2.55 bits per heavy atom. The highest BCUT2D eigenvalue weighted by Gasteiger charge is 2.12. The van der Waals surface area contributed by atoms with E-state index in [0.29, 0.717) is 27.8 Å². The normalized spacial score (nSPS) is 10.8. The van der Waals surface area contributed by atoms with E-state index in [9.17, 15) is 14.4 Å². The van der Waals surface area contributed by atoms with Gasteiger partial charge >= 0.3 is 0 Å². The molecule has 0 aromatic heterocycles. The molecule has 3 aromatic carbocycles. The van der Waals surface area contributed by atoms with Crippen molar-refractivity contribution in [1.29, 1.82) is 5.26 Å². The molecule has 0 aliphatic rings. The lowest BCUT2D eigenvalue weighted by molar-refractivity contribution is -0.112. The fourth-order valence-corrected chi connectivity index (χ4v) is 2.89. The van der Waals surface area contributed by atoms with Crippen molar-refractivity contribution in [3.8, 4) is 17.6 Å². The lowest BCUT2D eigenvalue weighted by Crippen LogP contribution is -2.13. The number of amides is 1. The number of nitrogens with zero attached hydrogens (tertiary/aromatic N) is 1. The van der Waals surface area contributed by atoms with Gasteiger partial charge in [-0.15, -0.1) is 0 Å². The smallest absolute Gasteiger partial charge is 0.266 e. The number of anilines is 1. The number of methoxy groups -OCH3 is 1. The van der Waals surface area contributed by atoms with Crippen LogP contribution in [0, 0.1) is 17.1 Å². The molecular formula is C24H18ClFN2O3. The van der Waals surface area contributed by atoms with Crippen LogP contribution in [-0.2, 0) is 11.4 Å². The highest BCUT2D eigenvalue weighted by atomic mass is 35.5. The van der Waals surface area contributed by atoms with E-state index in [-0.39, 0.29) is 18.0 Å². The first-order valence-electron chi connectivity index (χ1n) is 9.23.